The standard InChI is InChI=1S/C31H43F2N3O2/c1-38-29(22-13-7-3-8-14-22)24-17-18-25(32)27(33)26(24)30-34-19-20-36(30)28(21-11-5-2-6-12-21)31(37)35-23-15-9-4-10-16-23/h17-23,28-29H,2-16H2,1H3,(H,35,37). The average Bonchev–Trinajstić information content (AvgIpc) is 3.42. The molecule has 0 aliphatic heterocycles. The lowest BCUT2D eigenvalue weighted by Crippen LogP contribution is -2.43. The van der Waals surface area contributed by atoms with Crippen molar-refractivity contribution in [2.45, 2.75) is 114 Å². The number of nitrogens with zero attached hydrogens (tertiary/aromatic N) is 2. The van der Waals surface area contributed by atoms with E-state index in [1.54, 1.807) is 25.6 Å². The third-order valence-corrected chi connectivity index (χ3v) is 9.27. The second-order valence-electron chi connectivity index (χ2n) is 11.7. The maximum Gasteiger partial charge on any atom is 0.243 e. The van der Waals surface area contributed by atoms with Crippen LogP contribution < -0.4 is 5.32 Å². The Labute approximate surface area is 225 Å². The first-order chi connectivity index (χ1) is 18.6. The number of nitrogens with one attached hydrogen (secondary N) is 1. The van der Waals surface area contributed by atoms with Crippen LogP contribution in [-0.2, 0) is 9.53 Å². The molecule has 0 saturated heterocycles. The topological polar surface area (TPSA) is 56.2 Å². The van der Waals surface area contributed by atoms with Gasteiger partial charge in [0.25, 0.3) is 0 Å². The number of halogens is 2. The van der Waals surface area contributed by atoms with Gasteiger partial charge in [-0.1, -0.05) is 63.9 Å². The molecule has 1 aromatic heterocycles. The fraction of sp³-hybridized carbons (Fsp3) is 0.677. The highest BCUT2D eigenvalue weighted by atomic mass is 19.2. The van der Waals surface area contributed by atoms with Gasteiger partial charge in [0, 0.05) is 25.5 Å². The highest BCUT2D eigenvalue weighted by molar-refractivity contribution is 5.82. The minimum atomic E-state index is -0.914. The number of carbonyl (C=O) groups excluding carboxylic acids is 1. The van der Waals surface area contributed by atoms with Crippen LogP contribution in [-0.4, -0.2) is 28.6 Å². The Morgan fingerprint density at radius 2 is 1.53 bits per heavy atom. The Morgan fingerprint density at radius 3 is 2.16 bits per heavy atom. The second-order valence-corrected chi connectivity index (χ2v) is 11.7. The predicted molar refractivity (Wildman–Crippen MR) is 145 cm³/mol. The molecule has 1 aromatic carbocycles. The summed E-state index contributed by atoms with van der Waals surface area (Å²) in [7, 11) is 1.65. The molecule has 1 heterocycles. The molecule has 3 saturated carbocycles. The number of hydrogen-bond acceptors (Lipinski definition) is 3. The van der Waals surface area contributed by atoms with Gasteiger partial charge in [0.15, 0.2) is 11.6 Å². The maximum absolute atomic E-state index is 15.8. The van der Waals surface area contributed by atoms with Crippen LogP contribution in [0.25, 0.3) is 11.4 Å². The second kappa shape index (κ2) is 12.7. The van der Waals surface area contributed by atoms with Crippen LogP contribution >= 0.6 is 0 Å². The number of rotatable bonds is 8. The first-order valence-corrected chi connectivity index (χ1v) is 14.9. The molecule has 0 radical (unpaired) electrons. The Bertz CT molecular complexity index is 1070. The summed E-state index contributed by atoms with van der Waals surface area (Å²) in [6, 6.07) is 2.54. The summed E-state index contributed by atoms with van der Waals surface area (Å²) in [4.78, 5) is 18.5. The van der Waals surface area contributed by atoms with E-state index in [4.69, 9.17) is 4.74 Å². The Kier molecular flexibility index (Phi) is 9.13. The van der Waals surface area contributed by atoms with Crippen LogP contribution in [0.15, 0.2) is 24.5 Å². The van der Waals surface area contributed by atoms with Gasteiger partial charge < -0.3 is 14.6 Å². The van der Waals surface area contributed by atoms with Crippen molar-refractivity contribution in [3.05, 3.63) is 41.7 Å². The van der Waals surface area contributed by atoms with Gasteiger partial charge in [0.2, 0.25) is 5.91 Å². The summed E-state index contributed by atoms with van der Waals surface area (Å²) in [5, 5.41) is 3.33. The summed E-state index contributed by atoms with van der Waals surface area (Å²) in [6.07, 6.45) is 19.2. The van der Waals surface area contributed by atoms with Crippen molar-refractivity contribution in [3.8, 4) is 11.4 Å². The summed E-state index contributed by atoms with van der Waals surface area (Å²) < 4.78 is 38.4. The largest absolute Gasteiger partial charge is 0.376 e. The molecule has 2 aromatic rings. The zero-order valence-electron chi connectivity index (χ0n) is 22.8. The van der Waals surface area contributed by atoms with Gasteiger partial charge in [-0.2, -0.15) is 0 Å². The molecule has 0 spiro atoms. The van der Waals surface area contributed by atoms with E-state index in [0.717, 1.165) is 77.0 Å². The number of methoxy groups -OCH3 is 1. The number of amides is 1. The molecule has 3 aliphatic rings. The van der Waals surface area contributed by atoms with Crippen LogP contribution in [0.2, 0.25) is 0 Å². The number of imidazole rings is 1. The molecule has 2 unspecified atom stereocenters. The van der Waals surface area contributed by atoms with Gasteiger partial charge in [-0.25, -0.2) is 13.8 Å². The molecule has 1 N–H and O–H groups in total. The lowest BCUT2D eigenvalue weighted by atomic mass is 9.81. The van der Waals surface area contributed by atoms with E-state index in [0.29, 0.717) is 11.4 Å². The molecule has 5 rings (SSSR count). The fourth-order valence-electron chi connectivity index (χ4n) is 7.32. The van der Waals surface area contributed by atoms with Crippen molar-refractivity contribution in [1.82, 2.24) is 14.9 Å². The van der Waals surface area contributed by atoms with Gasteiger partial charge in [-0.05, 0) is 62.0 Å². The van der Waals surface area contributed by atoms with Crippen molar-refractivity contribution < 1.29 is 18.3 Å². The van der Waals surface area contributed by atoms with E-state index in [2.05, 4.69) is 10.3 Å². The molecule has 0 bridgehead atoms. The minimum absolute atomic E-state index is 0.0167. The van der Waals surface area contributed by atoms with Crippen LogP contribution in [0.5, 0.6) is 0 Å². The van der Waals surface area contributed by atoms with Gasteiger partial charge in [-0.3, -0.25) is 4.79 Å². The van der Waals surface area contributed by atoms with Crippen molar-refractivity contribution in [1.29, 1.82) is 0 Å². The smallest absolute Gasteiger partial charge is 0.243 e. The van der Waals surface area contributed by atoms with Crippen molar-refractivity contribution in [2.24, 2.45) is 11.8 Å². The summed E-state index contributed by atoms with van der Waals surface area (Å²) in [5.41, 5.74) is 0.763. The van der Waals surface area contributed by atoms with Gasteiger partial charge in [-0.15, -0.1) is 0 Å². The normalized spacial score (nSPS) is 21.8. The molecule has 7 heteroatoms. The third kappa shape index (κ3) is 5.83. The van der Waals surface area contributed by atoms with Gasteiger partial charge in [0.1, 0.15) is 11.9 Å². The molecule has 3 aliphatic carbocycles. The Hall–Kier alpha value is -2.28. The zero-order chi connectivity index (χ0) is 26.5. The zero-order valence-corrected chi connectivity index (χ0v) is 22.8. The van der Waals surface area contributed by atoms with E-state index >= 15 is 4.39 Å². The molecule has 38 heavy (non-hydrogen) atoms. The first kappa shape index (κ1) is 27.3. The van der Waals surface area contributed by atoms with Crippen LogP contribution in [0.4, 0.5) is 8.78 Å². The Morgan fingerprint density at radius 1 is 0.921 bits per heavy atom. The number of hydrogen-bond donors (Lipinski definition) is 1. The van der Waals surface area contributed by atoms with E-state index in [9.17, 15) is 9.18 Å². The van der Waals surface area contributed by atoms with Gasteiger partial charge >= 0.3 is 0 Å². The van der Waals surface area contributed by atoms with Gasteiger partial charge in [0.05, 0.1) is 11.7 Å². The van der Waals surface area contributed by atoms with Crippen LogP contribution in [0, 0.1) is 23.5 Å². The SMILES string of the molecule is COC(c1ccc(F)c(F)c1-c1nccn1C(C(=O)NC1CCCCC1)C1CCCCC1)C1CCCCC1. The minimum Gasteiger partial charge on any atom is -0.376 e. The van der Waals surface area contributed by atoms with Crippen LogP contribution in [0.3, 0.4) is 0 Å². The summed E-state index contributed by atoms with van der Waals surface area (Å²) >= 11 is 0. The summed E-state index contributed by atoms with van der Waals surface area (Å²) in [6.45, 7) is 0. The molecular weight excluding hydrogens is 484 g/mol. The quantitative estimate of drug-likeness (QED) is 0.383. The van der Waals surface area contributed by atoms with Crippen molar-refractivity contribution >= 4 is 5.91 Å². The number of carbonyl (C=O) groups is 1. The van der Waals surface area contributed by atoms with E-state index in [1.165, 1.54) is 25.3 Å². The monoisotopic (exact) mass is 527 g/mol. The molecule has 2 atom stereocenters. The highest BCUT2D eigenvalue weighted by Gasteiger charge is 2.36. The number of benzene rings is 1. The van der Waals surface area contributed by atoms with Crippen molar-refractivity contribution in [2.75, 3.05) is 7.11 Å². The maximum atomic E-state index is 15.8. The van der Waals surface area contributed by atoms with E-state index in [1.807, 2.05) is 4.57 Å². The van der Waals surface area contributed by atoms with Crippen molar-refractivity contribution in [3.63, 3.8) is 0 Å². The molecule has 5 nitrogen and oxygen atoms in total. The molecule has 208 valence electrons. The average molecular weight is 528 g/mol. The van der Waals surface area contributed by atoms with Crippen LogP contribution in [0.1, 0.15) is 114 Å². The number of aromatic nitrogens is 2. The Balaban J connectivity index is 1.55. The summed E-state index contributed by atoms with van der Waals surface area (Å²) in [5.74, 6) is -1.14. The number of ether oxygens (including phenoxy) is 1. The predicted octanol–water partition coefficient (Wildman–Crippen LogP) is 7.67. The fourth-order valence-corrected chi connectivity index (χ4v) is 7.32. The van der Waals surface area contributed by atoms with E-state index < -0.39 is 17.7 Å². The molecule has 1 amide bonds. The molecule has 3 fully saturated rings. The first-order valence-electron chi connectivity index (χ1n) is 14.9. The highest BCUT2D eigenvalue weighted by Crippen LogP contribution is 2.43. The molecular formula is C31H43F2N3O2. The van der Waals surface area contributed by atoms with E-state index in [-0.39, 0.29) is 35.5 Å². The lowest BCUT2D eigenvalue weighted by Gasteiger charge is -2.34. The lowest BCUT2D eigenvalue weighted by molar-refractivity contribution is -0.127. The third-order valence-electron chi connectivity index (χ3n) is 9.27.